The van der Waals surface area contributed by atoms with E-state index < -0.39 is 8.32 Å². The third kappa shape index (κ3) is 5.66. The smallest absolute Gasteiger partial charge is 0.327 e. The Morgan fingerprint density at radius 2 is 1.91 bits per heavy atom. The molecular weight excluding hydrogens is 312 g/mol. The van der Waals surface area contributed by atoms with Crippen LogP contribution in [0.2, 0.25) is 18.1 Å². The molecule has 7 heteroatoms. The summed E-state index contributed by atoms with van der Waals surface area (Å²) in [5.41, 5.74) is 0.825. The van der Waals surface area contributed by atoms with E-state index >= 15 is 0 Å². The summed E-state index contributed by atoms with van der Waals surface area (Å²) in [6, 6.07) is 1.83. The van der Waals surface area contributed by atoms with Crippen LogP contribution in [0.4, 0.5) is 0 Å². The number of rotatable bonds is 8. The lowest BCUT2D eigenvalue weighted by Crippen LogP contribution is -2.40. The average Bonchev–Trinajstić information content (AvgIpc) is 2.78. The number of nitrogens with zero attached hydrogens (tertiary/aromatic N) is 2. The van der Waals surface area contributed by atoms with Crippen LogP contribution in [0.3, 0.4) is 0 Å². The van der Waals surface area contributed by atoms with E-state index in [1.165, 1.54) is 0 Å². The number of aromatic nitrogens is 2. The molecule has 0 aromatic carbocycles. The van der Waals surface area contributed by atoms with Crippen LogP contribution in [0.25, 0.3) is 0 Å². The van der Waals surface area contributed by atoms with E-state index in [1.807, 2.05) is 13.0 Å². The van der Waals surface area contributed by atoms with Gasteiger partial charge in [-0.1, -0.05) is 20.8 Å². The maximum absolute atomic E-state index is 11.7. The highest BCUT2D eigenvalue weighted by atomic mass is 28.4. The third-order valence-electron chi connectivity index (χ3n) is 4.10. The molecular formula is C16H30N2O4Si. The van der Waals surface area contributed by atoms with Crippen molar-refractivity contribution in [1.82, 2.24) is 9.78 Å². The molecule has 0 bridgehead atoms. The zero-order valence-corrected chi connectivity index (χ0v) is 16.4. The Balaban J connectivity index is 2.88. The minimum Gasteiger partial charge on any atom is -0.477 e. The van der Waals surface area contributed by atoms with Crippen LogP contribution in [-0.2, 0) is 27.1 Å². The highest BCUT2D eigenvalue weighted by molar-refractivity contribution is 6.74. The topological polar surface area (TPSA) is 62.6 Å². The predicted molar refractivity (Wildman–Crippen MR) is 92.0 cm³/mol. The zero-order valence-electron chi connectivity index (χ0n) is 15.4. The molecule has 0 atom stereocenters. The molecule has 0 N–H and O–H groups in total. The van der Waals surface area contributed by atoms with Crippen molar-refractivity contribution in [2.45, 2.75) is 65.9 Å². The molecule has 0 amide bonds. The van der Waals surface area contributed by atoms with Gasteiger partial charge in [-0.15, -0.1) is 5.10 Å². The standard InChI is InChI=1S/C16H30N2O4Si/c1-8-20-14-10-13(12-22-23(6,7)16(3,4)5)18(17-14)11-15(19)21-9-2/h10H,8-9,11-12H2,1-7H3. The van der Waals surface area contributed by atoms with Gasteiger partial charge in [0.15, 0.2) is 8.32 Å². The van der Waals surface area contributed by atoms with Crippen LogP contribution in [0, 0.1) is 0 Å². The number of carbonyl (C=O) groups excluding carboxylic acids is 1. The summed E-state index contributed by atoms with van der Waals surface area (Å²) >= 11 is 0. The van der Waals surface area contributed by atoms with Crippen LogP contribution >= 0.6 is 0 Å². The summed E-state index contributed by atoms with van der Waals surface area (Å²) in [5.74, 6) is 0.192. The second kappa shape index (κ2) is 7.96. The van der Waals surface area contributed by atoms with Gasteiger partial charge in [0.25, 0.3) is 0 Å². The normalized spacial score (nSPS) is 12.3. The fraction of sp³-hybridized carbons (Fsp3) is 0.750. The molecule has 0 saturated heterocycles. The quantitative estimate of drug-likeness (QED) is 0.535. The highest BCUT2D eigenvalue weighted by Gasteiger charge is 2.37. The van der Waals surface area contributed by atoms with E-state index in [-0.39, 0.29) is 17.6 Å². The Morgan fingerprint density at radius 1 is 1.26 bits per heavy atom. The van der Waals surface area contributed by atoms with E-state index in [0.29, 0.717) is 25.7 Å². The van der Waals surface area contributed by atoms with E-state index in [1.54, 1.807) is 11.6 Å². The van der Waals surface area contributed by atoms with Crippen molar-refractivity contribution in [3.8, 4) is 5.88 Å². The van der Waals surface area contributed by atoms with Gasteiger partial charge in [0.2, 0.25) is 5.88 Å². The summed E-state index contributed by atoms with van der Waals surface area (Å²) < 4.78 is 18.3. The lowest BCUT2D eigenvalue weighted by atomic mass is 10.2. The number of hydrogen-bond acceptors (Lipinski definition) is 5. The fourth-order valence-electron chi connectivity index (χ4n) is 1.70. The molecule has 0 unspecified atom stereocenters. The lowest BCUT2D eigenvalue weighted by molar-refractivity contribution is -0.144. The van der Waals surface area contributed by atoms with Gasteiger partial charge in [0.1, 0.15) is 6.54 Å². The molecule has 0 aliphatic heterocycles. The second-order valence-electron chi connectivity index (χ2n) is 6.92. The molecule has 0 fully saturated rings. The van der Waals surface area contributed by atoms with Gasteiger partial charge in [0, 0.05) is 6.07 Å². The van der Waals surface area contributed by atoms with Gasteiger partial charge in [-0.05, 0) is 32.0 Å². The van der Waals surface area contributed by atoms with E-state index in [4.69, 9.17) is 13.9 Å². The number of ether oxygens (including phenoxy) is 2. The van der Waals surface area contributed by atoms with Gasteiger partial charge in [-0.2, -0.15) is 0 Å². The first-order valence-electron chi connectivity index (χ1n) is 8.09. The molecule has 0 aliphatic carbocycles. The SMILES string of the molecule is CCOC(=O)Cn1nc(OCC)cc1CO[Si](C)(C)C(C)(C)C. The number of carbonyl (C=O) groups is 1. The maximum atomic E-state index is 11.7. The van der Waals surface area contributed by atoms with Crippen LogP contribution in [0.15, 0.2) is 6.07 Å². The molecule has 23 heavy (non-hydrogen) atoms. The number of hydrogen-bond donors (Lipinski definition) is 0. The molecule has 132 valence electrons. The molecule has 0 aliphatic rings. The maximum Gasteiger partial charge on any atom is 0.327 e. The minimum atomic E-state index is -1.87. The fourth-order valence-corrected chi connectivity index (χ4v) is 2.64. The van der Waals surface area contributed by atoms with Gasteiger partial charge in [-0.25, -0.2) is 0 Å². The Bertz CT molecular complexity index is 521. The first-order valence-corrected chi connectivity index (χ1v) is 11.0. The Labute approximate surface area is 140 Å². The first-order chi connectivity index (χ1) is 10.6. The Kier molecular flexibility index (Phi) is 6.82. The summed E-state index contributed by atoms with van der Waals surface area (Å²) in [5, 5.41) is 4.44. The summed E-state index contributed by atoms with van der Waals surface area (Å²) in [6.45, 7) is 16.0. The third-order valence-corrected chi connectivity index (χ3v) is 8.58. The van der Waals surface area contributed by atoms with Crippen molar-refractivity contribution >= 4 is 14.3 Å². The molecule has 1 aromatic heterocycles. The predicted octanol–water partition coefficient (Wildman–Crippen LogP) is 3.37. The first kappa shape index (κ1) is 19.7. The molecule has 1 aromatic rings. The Hall–Kier alpha value is -1.34. The summed E-state index contributed by atoms with van der Waals surface area (Å²) in [7, 11) is -1.87. The molecule has 6 nitrogen and oxygen atoms in total. The Morgan fingerprint density at radius 3 is 2.43 bits per heavy atom. The monoisotopic (exact) mass is 342 g/mol. The van der Waals surface area contributed by atoms with Crippen LogP contribution in [-0.4, -0.2) is 37.3 Å². The van der Waals surface area contributed by atoms with Crippen molar-refractivity contribution < 1.29 is 18.7 Å². The van der Waals surface area contributed by atoms with Crippen molar-refractivity contribution in [1.29, 1.82) is 0 Å². The lowest BCUT2D eigenvalue weighted by Gasteiger charge is -2.36. The summed E-state index contributed by atoms with van der Waals surface area (Å²) in [6.07, 6.45) is 0. The number of esters is 1. The van der Waals surface area contributed by atoms with Gasteiger partial charge in [0.05, 0.1) is 25.5 Å². The van der Waals surface area contributed by atoms with Gasteiger partial charge < -0.3 is 13.9 Å². The summed E-state index contributed by atoms with van der Waals surface area (Å²) in [4.78, 5) is 11.7. The highest BCUT2D eigenvalue weighted by Crippen LogP contribution is 2.37. The largest absolute Gasteiger partial charge is 0.477 e. The van der Waals surface area contributed by atoms with Crippen molar-refractivity contribution in [3.05, 3.63) is 11.8 Å². The zero-order chi connectivity index (χ0) is 17.7. The average molecular weight is 343 g/mol. The van der Waals surface area contributed by atoms with Crippen LogP contribution in [0.1, 0.15) is 40.3 Å². The molecule has 0 spiro atoms. The molecule has 1 rings (SSSR count). The molecule has 0 radical (unpaired) electrons. The molecule has 1 heterocycles. The minimum absolute atomic E-state index is 0.0666. The van der Waals surface area contributed by atoms with Gasteiger partial charge in [-0.3, -0.25) is 9.48 Å². The van der Waals surface area contributed by atoms with Gasteiger partial charge >= 0.3 is 5.97 Å². The van der Waals surface area contributed by atoms with Crippen molar-refractivity contribution in [2.75, 3.05) is 13.2 Å². The van der Waals surface area contributed by atoms with Crippen molar-refractivity contribution in [2.24, 2.45) is 0 Å². The van der Waals surface area contributed by atoms with Crippen LogP contribution in [0.5, 0.6) is 5.88 Å². The van der Waals surface area contributed by atoms with E-state index in [9.17, 15) is 4.79 Å². The second-order valence-corrected chi connectivity index (χ2v) is 11.7. The van der Waals surface area contributed by atoms with Crippen LogP contribution < -0.4 is 4.74 Å². The van der Waals surface area contributed by atoms with E-state index in [2.05, 4.69) is 39.0 Å². The van der Waals surface area contributed by atoms with Crippen molar-refractivity contribution in [3.63, 3.8) is 0 Å². The van der Waals surface area contributed by atoms with E-state index in [0.717, 1.165) is 5.69 Å². The molecule has 0 saturated carbocycles.